The number of carbonyl (C=O) groups is 1. The van der Waals surface area contributed by atoms with Crippen molar-refractivity contribution in [1.82, 2.24) is 0 Å². The predicted octanol–water partition coefficient (Wildman–Crippen LogP) is 1.16. The van der Waals surface area contributed by atoms with Crippen LogP contribution in [-0.4, -0.2) is 14.7 Å². The third-order valence-electron chi connectivity index (χ3n) is 1.31. The van der Waals surface area contributed by atoms with Crippen LogP contribution in [0.4, 0.5) is 3.89 Å². The lowest BCUT2D eigenvalue weighted by Gasteiger charge is -1.96. The Labute approximate surface area is 69.0 Å². The number of hydrogen-bond acceptors (Lipinski definition) is 3. The highest BCUT2D eigenvalue weighted by Gasteiger charge is 2.15. The van der Waals surface area contributed by atoms with Gasteiger partial charge in [-0.2, -0.15) is 8.42 Å². The highest BCUT2D eigenvalue weighted by molar-refractivity contribution is 7.86. The first-order valence-electron chi connectivity index (χ1n) is 3.04. The number of carbonyl (C=O) groups excluding carboxylic acids is 1. The minimum absolute atomic E-state index is 0.167. The van der Waals surface area contributed by atoms with Crippen molar-refractivity contribution in [1.29, 1.82) is 0 Å². The third kappa shape index (κ3) is 1.68. The minimum Gasteiger partial charge on any atom is -0.298 e. The lowest BCUT2D eigenvalue weighted by atomic mass is 10.2. The van der Waals surface area contributed by atoms with Crippen LogP contribution < -0.4 is 0 Å². The number of rotatable bonds is 2. The molecule has 1 rings (SSSR count). The van der Waals surface area contributed by atoms with Gasteiger partial charge in [-0.05, 0) is 6.07 Å². The Morgan fingerprint density at radius 2 is 1.83 bits per heavy atom. The zero-order valence-electron chi connectivity index (χ0n) is 5.90. The molecular weight excluding hydrogens is 183 g/mol. The van der Waals surface area contributed by atoms with E-state index in [0.29, 0.717) is 6.29 Å². The minimum atomic E-state index is -4.78. The molecule has 0 radical (unpaired) electrons. The van der Waals surface area contributed by atoms with E-state index in [0.717, 1.165) is 6.07 Å². The van der Waals surface area contributed by atoms with Crippen molar-refractivity contribution in [2.24, 2.45) is 0 Å². The summed E-state index contributed by atoms with van der Waals surface area (Å²) in [5.41, 5.74) is -0.167. The predicted molar refractivity (Wildman–Crippen MR) is 40.1 cm³/mol. The first-order valence-corrected chi connectivity index (χ1v) is 4.43. The van der Waals surface area contributed by atoms with E-state index >= 15 is 0 Å². The highest BCUT2D eigenvalue weighted by atomic mass is 32.3. The molecule has 5 heteroatoms. The normalized spacial score (nSPS) is 11.1. The smallest absolute Gasteiger partial charge is 0.298 e. The van der Waals surface area contributed by atoms with Crippen LogP contribution in [0.3, 0.4) is 0 Å². The van der Waals surface area contributed by atoms with Gasteiger partial charge in [0, 0.05) is 5.56 Å². The van der Waals surface area contributed by atoms with E-state index in [1.807, 2.05) is 0 Å². The number of aldehydes is 1. The Morgan fingerprint density at radius 1 is 1.25 bits per heavy atom. The van der Waals surface area contributed by atoms with Gasteiger partial charge in [-0.1, -0.05) is 18.2 Å². The molecule has 0 aromatic heterocycles. The third-order valence-corrected chi connectivity index (χ3v) is 2.21. The molecule has 0 unspecified atom stereocenters. The van der Waals surface area contributed by atoms with Gasteiger partial charge in [-0.25, -0.2) is 0 Å². The van der Waals surface area contributed by atoms with Gasteiger partial charge in [0.15, 0.2) is 6.29 Å². The standard InChI is InChI=1S/C7H5FO3S/c8-12(10,11)7-4-2-1-3-6(7)5-9/h1-5H. The zero-order valence-corrected chi connectivity index (χ0v) is 6.71. The molecule has 0 N–H and O–H groups in total. The lowest BCUT2D eigenvalue weighted by molar-refractivity contribution is 0.112. The Hall–Kier alpha value is -1.23. The molecule has 1 aromatic rings. The molecule has 0 bridgehead atoms. The maximum absolute atomic E-state index is 12.4. The Kier molecular flexibility index (Phi) is 2.23. The van der Waals surface area contributed by atoms with E-state index in [1.165, 1.54) is 18.2 Å². The van der Waals surface area contributed by atoms with Crippen molar-refractivity contribution in [3.05, 3.63) is 29.8 Å². The molecule has 0 spiro atoms. The van der Waals surface area contributed by atoms with Crippen molar-refractivity contribution in [3.63, 3.8) is 0 Å². The zero-order chi connectivity index (χ0) is 9.19. The molecule has 1 aromatic carbocycles. The van der Waals surface area contributed by atoms with Crippen LogP contribution in [0.2, 0.25) is 0 Å². The van der Waals surface area contributed by atoms with Gasteiger partial charge in [-0.15, -0.1) is 3.89 Å². The van der Waals surface area contributed by atoms with Crippen molar-refractivity contribution < 1.29 is 17.1 Å². The molecule has 12 heavy (non-hydrogen) atoms. The lowest BCUT2D eigenvalue weighted by Crippen LogP contribution is -1.96. The summed E-state index contributed by atoms with van der Waals surface area (Å²) in [5.74, 6) is 0. The van der Waals surface area contributed by atoms with Gasteiger partial charge in [0.2, 0.25) is 0 Å². The second-order valence-corrected chi connectivity index (χ2v) is 3.41. The molecule has 0 heterocycles. The molecule has 0 amide bonds. The van der Waals surface area contributed by atoms with Crippen LogP contribution in [-0.2, 0) is 10.2 Å². The van der Waals surface area contributed by atoms with Gasteiger partial charge in [0.25, 0.3) is 0 Å². The van der Waals surface area contributed by atoms with Gasteiger partial charge in [0.1, 0.15) is 4.90 Å². The van der Waals surface area contributed by atoms with Crippen LogP contribution in [0.1, 0.15) is 10.4 Å². The molecule has 0 atom stereocenters. The molecular formula is C7H5FO3S. The maximum atomic E-state index is 12.4. The number of halogens is 1. The Morgan fingerprint density at radius 3 is 2.25 bits per heavy atom. The summed E-state index contributed by atoms with van der Waals surface area (Å²) in [6, 6.07) is 5.08. The SMILES string of the molecule is O=Cc1ccccc1S(=O)(=O)F. The van der Waals surface area contributed by atoms with Crippen LogP contribution in [0.15, 0.2) is 29.2 Å². The summed E-state index contributed by atoms with van der Waals surface area (Å²) in [6.45, 7) is 0. The Bertz CT molecular complexity index is 397. The number of benzene rings is 1. The second kappa shape index (κ2) is 3.02. The second-order valence-electron chi connectivity index (χ2n) is 2.09. The van der Waals surface area contributed by atoms with E-state index in [1.54, 1.807) is 0 Å². The first kappa shape index (κ1) is 8.86. The maximum Gasteiger partial charge on any atom is 0.332 e. The average Bonchev–Trinajstić information content (AvgIpc) is 2.03. The fourth-order valence-corrected chi connectivity index (χ4v) is 1.44. The van der Waals surface area contributed by atoms with E-state index in [-0.39, 0.29) is 5.56 Å². The average molecular weight is 188 g/mol. The quantitative estimate of drug-likeness (QED) is 0.517. The summed E-state index contributed by atoms with van der Waals surface area (Å²) in [5, 5.41) is 0. The summed E-state index contributed by atoms with van der Waals surface area (Å²) in [6.07, 6.45) is 0.298. The summed E-state index contributed by atoms with van der Waals surface area (Å²) in [7, 11) is -4.78. The van der Waals surface area contributed by atoms with Crippen molar-refractivity contribution in [2.75, 3.05) is 0 Å². The molecule has 0 aliphatic rings. The van der Waals surface area contributed by atoms with Gasteiger partial charge < -0.3 is 0 Å². The van der Waals surface area contributed by atoms with Crippen molar-refractivity contribution in [3.8, 4) is 0 Å². The van der Waals surface area contributed by atoms with Crippen LogP contribution in [0, 0.1) is 0 Å². The van der Waals surface area contributed by atoms with Gasteiger partial charge >= 0.3 is 10.2 Å². The van der Waals surface area contributed by atoms with Gasteiger partial charge in [0.05, 0.1) is 0 Å². The molecule has 0 saturated heterocycles. The summed E-state index contributed by atoms with van der Waals surface area (Å²) < 4.78 is 33.2. The number of hydrogen-bond donors (Lipinski definition) is 0. The highest BCUT2D eigenvalue weighted by Crippen LogP contribution is 2.15. The van der Waals surface area contributed by atoms with Crippen molar-refractivity contribution >= 4 is 16.5 Å². The van der Waals surface area contributed by atoms with E-state index in [2.05, 4.69) is 0 Å². The van der Waals surface area contributed by atoms with Crippen molar-refractivity contribution in [2.45, 2.75) is 4.90 Å². The van der Waals surface area contributed by atoms with Crippen LogP contribution in [0.5, 0.6) is 0 Å². The Balaban J connectivity index is 3.43. The van der Waals surface area contributed by atoms with E-state index in [4.69, 9.17) is 0 Å². The molecule has 64 valence electrons. The first-order chi connectivity index (χ1) is 5.55. The van der Waals surface area contributed by atoms with Crippen LogP contribution in [0.25, 0.3) is 0 Å². The van der Waals surface area contributed by atoms with E-state index in [9.17, 15) is 17.1 Å². The molecule has 0 fully saturated rings. The summed E-state index contributed by atoms with van der Waals surface area (Å²) >= 11 is 0. The van der Waals surface area contributed by atoms with E-state index < -0.39 is 15.1 Å². The molecule has 3 nitrogen and oxygen atoms in total. The van der Waals surface area contributed by atoms with Crippen LogP contribution >= 0.6 is 0 Å². The monoisotopic (exact) mass is 188 g/mol. The topological polar surface area (TPSA) is 51.2 Å². The fourth-order valence-electron chi connectivity index (χ4n) is 0.800. The fraction of sp³-hybridized carbons (Fsp3) is 0. The summed E-state index contributed by atoms with van der Waals surface area (Å²) in [4.78, 5) is 9.66. The molecule has 0 saturated carbocycles. The van der Waals surface area contributed by atoms with Gasteiger partial charge in [-0.3, -0.25) is 4.79 Å². The molecule has 0 aliphatic heterocycles. The largest absolute Gasteiger partial charge is 0.332 e. The molecule has 0 aliphatic carbocycles.